The van der Waals surface area contributed by atoms with Crippen LogP contribution in [0.4, 0.5) is 5.69 Å². The third kappa shape index (κ3) is 2.50. The maximum absolute atomic E-state index is 10.6. The minimum Gasteiger partial charge on any atom is -0.507 e. The number of phenols is 1. The van der Waals surface area contributed by atoms with Crippen molar-refractivity contribution in [2.24, 2.45) is 0 Å². The van der Waals surface area contributed by atoms with E-state index in [1.807, 2.05) is 20.8 Å². The number of benzene rings is 1. The third-order valence-electron chi connectivity index (χ3n) is 2.15. The fourth-order valence-corrected chi connectivity index (χ4v) is 1.71. The highest BCUT2D eigenvalue weighted by atomic mass is 27.0. The van der Waals surface area contributed by atoms with Crippen LogP contribution in [0.1, 0.15) is 26.3 Å². The van der Waals surface area contributed by atoms with E-state index in [1.165, 1.54) is 6.07 Å². The summed E-state index contributed by atoms with van der Waals surface area (Å²) in [6.07, 6.45) is 0. The quantitative estimate of drug-likeness (QED) is 0.443. The molecule has 0 aliphatic heterocycles. The number of nitrogens with zero attached hydrogens (tertiary/aromatic N) is 1. The van der Waals surface area contributed by atoms with E-state index >= 15 is 0 Å². The van der Waals surface area contributed by atoms with Crippen molar-refractivity contribution in [2.75, 3.05) is 0 Å². The second-order valence-electron chi connectivity index (χ2n) is 4.44. The van der Waals surface area contributed by atoms with Gasteiger partial charge in [0, 0.05) is 0 Å². The van der Waals surface area contributed by atoms with Gasteiger partial charge in [-0.2, -0.15) is 0 Å². The first-order chi connectivity index (χ1) is 6.73. The highest BCUT2D eigenvalue weighted by Gasteiger charge is 2.21. The van der Waals surface area contributed by atoms with Crippen molar-refractivity contribution in [2.45, 2.75) is 26.2 Å². The van der Waals surface area contributed by atoms with E-state index in [0.29, 0.717) is 9.99 Å². The molecule has 0 amide bonds. The van der Waals surface area contributed by atoms with Gasteiger partial charge in [0.2, 0.25) is 0 Å². The van der Waals surface area contributed by atoms with E-state index in [4.69, 9.17) is 0 Å². The summed E-state index contributed by atoms with van der Waals surface area (Å²) in [7, 11) is 0. The molecule has 0 atom stereocenters. The molecule has 78 valence electrons. The molecule has 0 fully saturated rings. The molecule has 5 heteroatoms. The maximum atomic E-state index is 10.6. The van der Waals surface area contributed by atoms with Gasteiger partial charge in [0.1, 0.15) is 5.75 Å². The molecule has 4 nitrogen and oxygen atoms in total. The van der Waals surface area contributed by atoms with Crippen LogP contribution < -0.4 is 4.43 Å². The molecule has 0 heterocycles. The zero-order valence-electron chi connectivity index (χ0n) is 8.94. The number of aromatic hydroxyl groups is 1. The van der Waals surface area contributed by atoms with Crippen molar-refractivity contribution >= 4 is 26.4 Å². The molecular weight excluding hydrogens is 209 g/mol. The van der Waals surface area contributed by atoms with E-state index in [2.05, 4.69) is 16.3 Å². The second kappa shape index (κ2) is 3.84. The molecule has 0 unspecified atom stereocenters. The Balaban J connectivity index is 3.39. The summed E-state index contributed by atoms with van der Waals surface area (Å²) in [5.74, 6) is -0.0274. The van der Waals surface area contributed by atoms with Crippen LogP contribution in [0.15, 0.2) is 12.1 Å². The van der Waals surface area contributed by atoms with Gasteiger partial charge in [-0.15, -0.1) is 0 Å². The molecule has 1 aromatic rings. The summed E-state index contributed by atoms with van der Waals surface area (Å²) >= 11 is 2.32. The summed E-state index contributed by atoms with van der Waals surface area (Å²) in [6.45, 7) is 5.83. The predicted octanol–water partition coefficient (Wildman–Crippen LogP) is 1.39. The van der Waals surface area contributed by atoms with Gasteiger partial charge < -0.3 is 5.11 Å². The van der Waals surface area contributed by atoms with E-state index < -0.39 is 4.92 Å². The summed E-state index contributed by atoms with van der Waals surface area (Å²) in [6, 6.07) is 2.83. The number of hydrogen-bond donors (Lipinski definition) is 1. The molecule has 2 radical (unpaired) electrons. The van der Waals surface area contributed by atoms with Crippen LogP contribution in [0.2, 0.25) is 0 Å². The molecule has 1 rings (SSSR count). The highest BCUT2D eigenvalue weighted by molar-refractivity contribution is 6.35. The molecule has 0 aliphatic rings. The number of phenolic OH excluding ortho intramolecular Hbond substituents is 1. The Kier molecular flexibility index (Phi) is 3.08. The van der Waals surface area contributed by atoms with Crippen LogP contribution in [-0.4, -0.2) is 26.3 Å². The van der Waals surface area contributed by atoms with Gasteiger partial charge in [-0.1, -0.05) is 31.3 Å². The Morgan fingerprint density at radius 1 is 1.40 bits per heavy atom. The molecule has 0 spiro atoms. The van der Waals surface area contributed by atoms with Crippen molar-refractivity contribution < 1.29 is 10.0 Å². The van der Waals surface area contributed by atoms with Crippen LogP contribution in [0.25, 0.3) is 0 Å². The van der Waals surface area contributed by atoms with Gasteiger partial charge in [0.25, 0.3) is 5.69 Å². The largest absolute Gasteiger partial charge is 0.507 e. The summed E-state index contributed by atoms with van der Waals surface area (Å²) < 4.78 is 0.489. The summed E-state index contributed by atoms with van der Waals surface area (Å²) in [4.78, 5) is 10.1. The van der Waals surface area contributed by atoms with Crippen LogP contribution in [0.5, 0.6) is 5.75 Å². The van der Waals surface area contributed by atoms with E-state index in [1.54, 1.807) is 6.07 Å². The average molecular weight is 221 g/mol. The number of nitro groups is 1. The van der Waals surface area contributed by atoms with Crippen LogP contribution in [0.3, 0.4) is 0 Å². The van der Waals surface area contributed by atoms with E-state index in [9.17, 15) is 15.2 Å². The number of rotatable bonds is 1. The fourth-order valence-electron chi connectivity index (χ4n) is 1.35. The summed E-state index contributed by atoms with van der Waals surface area (Å²) in [5.41, 5.74) is 0.397. The number of nitro benzene ring substituents is 1. The fraction of sp³-hybridized carbons (Fsp3) is 0.400. The van der Waals surface area contributed by atoms with Crippen molar-refractivity contribution in [3.05, 3.63) is 27.8 Å². The first kappa shape index (κ1) is 12.0. The molecule has 0 aromatic heterocycles. The molecule has 0 aliphatic carbocycles. The van der Waals surface area contributed by atoms with Gasteiger partial charge in [-0.25, -0.2) is 0 Å². The Bertz CT molecular complexity index is 410. The Morgan fingerprint density at radius 3 is 2.33 bits per heavy atom. The van der Waals surface area contributed by atoms with Crippen molar-refractivity contribution in [3.63, 3.8) is 0 Å². The SMILES string of the molecule is CC(C)(C)c1c[c]([Al])c([N+](=O)[O-])cc1O. The molecule has 1 aromatic carbocycles. The lowest BCUT2D eigenvalue weighted by Gasteiger charge is -2.21. The predicted molar refractivity (Wildman–Crippen MR) is 58.8 cm³/mol. The van der Waals surface area contributed by atoms with Gasteiger partial charge in [0.05, 0.1) is 11.0 Å². The Morgan fingerprint density at radius 2 is 1.93 bits per heavy atom. The molecule has 15 heavy (non-hydrogen) atoms. The van der Waals surface area contributed by atoms with Crippen LogP contribution in [0, 0.1) is 10.1 Å². The van der Waals surface area contributed by atoms with Gasteiger partial charge in [-0.05, 0) is 11.0 Å². The third-order valence-corrected chi connectivity index (χ3v) is 2.61. The minimum absolute atomic E-state index is 0.0274. The van der Waals surface area contributed by atoms with Gasteiger partial charge in [-0.3, -0.25) is 10.1 Å². The summed E-state index contributed by atoms with van der Waals surface area (Å²) in [5, 5.41) is 20.3. The molecule has 0 bridgehead atoms. The Hall–Kier alpha value is -1.05. The molecule has 0 saturated carbocycles. The van der Waals surface area contributed by atoms with Crippen molar-refractivity contribution in [3.8, 4) is 5.75 Å². The van der Waals surface area contributed by atoms with E-state index in [0.717, 1.165) is 0 Å². The minimum atomic E-state index is -0.505. The molecular formula is C10H12AlNO3. The highest BCUT2D eigenvalue weighted by Crippen LogP contribution is 2.31. The zero-order valence-corrected chi connectivity index (χ0v) is 10.1. The van der Waals surface area contributed by atoms with Crippen LogP contribution in [-0.2, 0) is 5.41 Å². The topological polar surface area (TPSA) is 63.4 Å². The lowest BCUT2D eigenvalue weighted by molar-refractivity contribution is -0.383. The standard InChI is InChI=1S/C10H12NO3.Al/c1-10(2,3)8-5-4-7(11(13)14)6-9(8)12;/h5-6,12H,1-3H3;. The normalized spacial score (nSPS) is 11.4. The second-order valence-corrected chi connectivity index (χ2v) is 5.06. The molecule has 1 N–H and O–H groups in total. The number of hydrogen-bond acceptors (Lipinski definition) is 3. The average Bonchev–Trinajstić information content (AvgIpc) is 2.06. The van der Waals surface area contributed by atoms with Gasteiger partial charge >= 0.3 is 0 Å². The monoisotopic (exact) mass is 221 g/mol. The maximum Gasteiger partial charge on any atom is 0.257 e. The smallest absolute Gasteiger partial charge is 0.257 e. The van der Waals surface area contributed by atoms with Crippen LogP contribution >= 0.6 is 0 Å². The van der Waals surface area contributed by atoms with Crippen molar-refractivity contribution in [1.82, 2.24) is 0 Å². The first-order valence-corrected chi connectivity index (χ1v) is 5.08. The Labute approximate surface area is 96.5 Å². The van der Waals surface area contributed by atoms with Crippen molar-refractivity contribution in [1.29, 1.82) is 0 Å². The lowest BCUT2D eigenvalue weighted by atomic mass is 9.86. The molecule has 0 saturated heterocycles. The zero-order chi connectivity index (χ0) is 11.8. The van der Waals surface area contributed by atoms with Gasteiger partial charge in [0.15, 0.2) is 16.3 Å². The van der Waals surface area contributed by atoms with E-state index in [-0.39, 0.29) is 16.9 Å². The first-order valence-electron chi connectivity index (χ1n) is 4.51. The lowest BCUT2D eigenvalue weighted by Crippen LogP contribution is -2.17.